The Morgan fingerprint density at radius 3 is 2.19 bits per heavy atom. The number of rotatable bonds is 12. The highest BCUT2D eigenvalue weighted by Gasteiger charge is 2.52. The van der Waals surface area contributed by atoms with Crippen LogP contribution >= 0.6 is 21.6 Å². The monoisotopic (exact) mass is 543 g/mol. The van der Waals surface area contributed by atoms with Crippen molar-refractivity contribution in [3.63, 3.8) is 0 Å². The molecule has 198 valence electrons. The molecule has 0 bridgehead atoms. The summed E-state index contributed by atoms with van der Waals surface area (Å²) in [6, 6.07) is 5.54. The largest absolute Gasteiger partial charge is 0.463 e. The predicted octanol–water partition coefficient (Wildman–Crippen LogP) is 2.48. The van der Waals surface area contributed by atoms with Gasteiger partial charge in [0.1, 0.15) is 17.7 Å². The zero-order valence-electron chi connectivity index (χ0n) is 20.3. The summed E-state index contributed by atoms with van der Waals surface area (Å²) < 4.78 is 33.0. The first kappa shape index (κ1) is 29.6. The number of carbonyl (C=O) groups excluding carboxylic acids is 4. The van der Waals surface area contributed by atoms with E-state index in [1.54, 1.807) is 12.3 Å². The van der Waals surface area contributed by atoms with Crippen LogP contribution in [0.2, 0.25) is 0 Å². The van der Waals surface area contributed by atoms with E-state index < -0.39 is 54.6 Å². The highest BCUT2D eigenvalue weighted by Crippen LogP contribution is 2.35. The lowest BCUT2D eigenvalue weighted by atomic mass is 9.98. The van der Waals surface area contributed by atoms with E-state index in [1.807, 2.05) is 18.2 Å². The molecule has 6 atom stereocenters. The molecule has 2 rings (SSSR count). The molecular formula is C23H29NO10S2. The molecule has 0 aromatic carbocycles. The van der Waals surface area contributed by atoms with E-state index in [-0.39, 0.29) is 18.5 Å². The molecule has 1 aromatic rings. The number of pyridine rings is 1. The lowest BCUT2D eigenvalue weighted by Crippen LogP contribution is -2.63. The molecule has 0 saturated carbocycles. The zero-order chi connectivity index (χ0) is 26.7. The topological polar surface area (TPSA) is 137 Å². The molecule has 1 saturated heterocycles. The van der Waals surface area contributed by atoms with Gasteiger partial charge in [0, 0.05) is 33.9 Å². The number of carbonyl (C=O) groups is 4. The Hall–Kier alpha value is -2.61. The normalized spacial score (nSPS) is 24.2. The van der Waals surface area contributed by atoms with Gasteiger partial charge in [-0.25, -0.2) is 4.98 Å². The quantitative estimate of drug-likeness (QED) is 0.165. The Balaban J connectivity index is 2.25. The smallest absolute Gasteiger partial charge is 0.303 e. The van der Waals surface area contributed by atoms with Crippen LogP contribution in [0.3, 0.4) is 0 Å². The third-order valence-corrected chi connectivity index (χ3v) is 7.16. The minimum Gasteiger partial charge on any atom is -0.463 e. The molecular weight excluding hydrogens is 514 g/mol. The predicted molar refractivity (Wildman–Crippen MR) is 130 cm³/mol. The molecule has 11 nitrogen and oxygen atoms in total. The fourth-order valence-corrected chi connectivity index (χ4v) is 5.19. The van der Waals surface area contributed by atoms with E-state index in [0.717, 1.165) is 18.9 Å². The van der Waals surface area contributed by atoms with Crippen molar-refractivity contribution in [2.24, 2.45) is 0 Å². The number of hydrogen-bond acceptors (Lipinski definition) is 13. The van der Waals surface area contributed by atoms with E-state index in [4.69, 9.17) is 28.4 Å². The van der Waals surface area contributed by atoms with Gasteiger partial charge in [0.25, 0.3) is 0 Å². The number of nitrogens with zero attached hydrogens (tertiary/aromatic N) is 1. The maximum atomic E-state index is 11.9. The molecule has 13 heteroatoms. The van der Waals surface area contributed by atoms with Crippen LogP contribution in [0.25, 0.3) is 0 Å². The van der Waals surface area contributed by atoms with Gasteiger partial charge in [-0.2, -0.15) is 0 Å². The number of ether oxygens (including phenoxy) is 6. The molecule has 1 aliphatic rings. The molecule has 0 spiro atoms. The van der Waals surface area contributed by atoms with Crippen molar-refractivity contribution in [3.8, 4) is 0 Å². The Morgan fingerprint density at radius 2 is 1.64 bits per heavy atom. The Bertz CT molecular complexity index is 915. The van der Waals surface area contributed by atoms with Crippen LogP contribution in [-0.2, 0) is 47.6 Å². The molecule has 1 fully saturated rings. The third kappa shape index (κ3) is 9.80. The first-order valence-corrected chi connectivity index (χ1v) is 13.1. The fraction of sp³-hybridized carbons (Fsp3) is 0.522. The highest BCUT2D eigenvalue weighted by molar-refractivity contribution is 8.77. The molecule has 1 aliphatic heterocycles. The second-order valence-electron chi connectivity index (χ2n) is 7.52. The molecule has 0 amide bonds. The van der Waals surface area contributed by atoms with Gasteiger partial charge in [0.2, 0.25) is 0 Å². The van der Waals surface area contributed by atoms with Crippen LogP contribution in [-0.4, -0.2) is 78.0 Å². The highest BCUT2D eigenvalue weighted by atomic mass is 33.1. The van der Waals surface area contributed by atoms with Crippen molar-refractivity contribution in [1.29, 1.82) is 0 Å². The summed E-state index contributed by atoms with van der Waals surface area (Å²) in [6.07, 6.45) is -2.76. The molecule has 2 heterocycles. The Morgan fingerprint density at radius 1 is 1.00 bits per heavy atom. The van der Waals surface area contributed by atoms with Gasteiger partial charge in [-0.3, -0.25) is 19.2 Å². The summed E-state index contributed by atoms with van der Waals surface area (Å²) in [5.74, 6) is -2.72. The van der Waals surface area contributed by atoms with Crippen LogP contribution in [0, 0.1) is 0 Å². The average molecular weight is 544 g/mol. The van der Waals surface area contributed by atoms with Gasteiger partial charge in [-0.05, 0) is 22.9 Å². The van der Waals surface area contributed by atoms with Gasteiger partial charge in [-0.15, -0.1) is 6.58 Å². The van der Waals surface area contributed by atoms with Crippen molar-refractivity contribution in [3.05, 3.63) is 37.1 Å². The summed E-state index contributed by atoms with van der Waals surface area (Å²) >= 11 is 0. The maximum Gasteiger partial charge on any atom is 0.303 e. The number of esters is 4. The average Bonchev–Trinajstić information content (AvgIpc) is 2.81. The SMILES string of the molecule is C=CC(CO[C@@H]1OC(COC(C)=O)[C@H](OC(C)=O)[C@H](OC(C)=O)C1OC(C)=O)SSc1ccccn1. The van der Waals surface area contributed by atoms with Gasteiger partial charge in [0.05, 0.1) is 11.9 Å². The van der Waals surface area contributed by atoms with Crippen molar-refractivity contribution in [2.45, 2.75) is 68.7 Å². The van der Waals surface area contributed by atoms with Gasteiger partial charge >= 0.3 is 23.9 Å². The van der Waals surface area contributed by atoms with E-state index in [9.17, 15) is 19.2 Å². The summed E-state index contributed by atoms with van der Waals surface area (Å²) in [6.45, 7) is 8.24. The zero-order valence-corrected chi connectivity index (χ0v) is 22.0. The maximum absolute atomic E-state index is 11.9. The summed E-state index contributed by atoms with van der Waals surface area (Å²) in [4.78, 5) is 51.2. The van der Waals surface area contributed by atoms with Gasteiger partial charge in [-0.1, -0.05) is 22.9 Å². The Labute approximate surface area is 216 Å². The second-order valence-corrected chi connectivity index (χ2v) is 9.98. The fourth-order valence-electron chi connectivity index (χ4n) is 3.16. The molecule has 36 heavy (non-hydrogen) atoms. The summed E-state index contributed by atoms with van der Waals surface area (Å²) in [5, 5.41) is 0.561. The van der Waals surface area contributed by atoms with Crippen LogP contribution in [0.1, 0.15) is 27.7 Å². The first-order valence-electron chi connectivity index (χ1n) is 10.9. The standard InChI is InChI=1S/C23H29NO10S2/c1-6-17(35-36-19-9-7-8-10-24-19)11-30-23-22(33-16(5)28)21(32-15(4)27)20(31-14(3)26)18(34-23)12-29-13(2)25/h6-10,17-18,20-23H,1,11-12H2,2-5H3/t17?,18?,20-,21-,22?,23+/m0/s1. The van der Waals surface area contributed by atoms with Crippen molar-refractivity contribution in [2.75, 3.05) is 13.2 Å². The van der Waals surface area contributed by atoms with Crippen LogP contribution in [0.5, 0.6) is 0 Å². The van der Waals surface area contributed by atoms with Crippen LogP contribution in [0.15, 0.2) is 42.1 Å². The summed E-state index contributed by atoms with van der Waals surface area (Å²) in [7, 11) is 2.86. The number of aromatic nitrogens is 1. The van der Waals surface area contributed by atoms with Crippen LogP contribution < -0.4 is 0 Å². The van der Waals surface area contributed by atoms with E-state index >= 15 is 0 Å². The Kier molecular flexibility index (Phi) is 12.2. The molecule has 1 aromatic heterocycles. The van der Waals surface area contributed by atoms with Crippen molar-refractivity contribution < 1.29 is 47.6 Å². The third-order valence-electron chi connectivity index (χ3n) is 4.53. The van der Waals surface area contributed by atoms with Crippen molar-refractivity contribution in [1.82, 2.24) is 4.98 Å². The van der Waals surface area contributed by atoms with Gasteiger partial charge < -0.3 is 28.4 Å². The van der Waals surface area contributed by atoms with E-state index in [1.165, 1.54) is 35.4 Å². The van der Waals surface area contributed by atoms with Gasteiger partial charge in [0.15, 0.2) is 24.6 Å². The summed E-state index contributed by atoms with van der Waals surface area (Å²) in [5.41, 5.74) is 0. The minimum atomic E-state index is -1.28. The lowest BCUT2D eigenvalue weighted by molar-refractivity contribution is -0.307. The molecule has 0 N–H and O–H groups in total. The first-order chi connectivity index (χ1) is 17.1. The van der Waals surface area contributed by atoms with E-state index in [0.29, 0.717) is 0 Å². The van der Waals surface area contributed by atoms with E-state index in [2.05, 4.69) is 11.6 Å². The molecule has 0 aliphatic carbocycles. The minimum absolute atomic E-state index is 0.0712. The number of hydrogen-bond donors (Lipinski definition) is 0. The molecule has 3 unspecified atom stereocenters. The second kappa shape index (κ2) is 14.8. The van der Waals surface area contributed by atoms with Crippen LogP contribution in [0.4, 0.5) is 0 Å². The lowest BCUT2D eigenvalue weighted by Gasteiger charge is -2.44. The van der Waals surface area contributed by atoms with Crippen molar-refractivity contribution >= 4 is 45.5 Å². The molecule has 0 radical (unpaired) electrons.